The predicted octanol–water partition coefficient (Wildman–Crippen LogP) is 4.08. The molecule has 4 heteroatoms. The minimum atomic E-state index is -0.0221. The zero-order valence-electron chi connectivity index (χ0n) is 10.4. The normalized spacial score (nSPS) is 12.8. The van der Waals surface area contributed by atoms with Crippen LogP contribution in [0.2, 0.25) is 5.02 Å². The smallest absolute Gasteiger partial charge is 0.198 e. The number of hydrogen-bond donors (Lipinski definition) is 0. The summed E-state index contributed by atoms with van der Waals surface area (Å²) in [6.07, 6.45) is 1.16. The number of methoxy groups -OCH3 is 1. The molecule has 0 radical (unpaired) electrons. The van der Waals surface area contributed by atoms with Crippen molar-refractivity contribution in [2.75, 3.05) is 7.11 Å². The number of carbonyl (C=O) groups excluding carboxylic acids is 1. The number of carbonyl (C=O) groups is 1. The van der Waals surface area contributed by atoms with Gasteiger partial charge in [-0.25, -0.2) is 0 Å². The first kappa shape index (κ1) is 13.1. The van der Waals surface area contributed by atoms with E-state index in [9.17, 15) is 4.79 Å². The van der Waals surface area contributed by atoms with E-state index in [0.29, 0.717) is 29.2 Å². The summed E-state index contributed by atoms with van der Waals surface area (Å²) in [5.41, 5.74) is 0.572. The summed E-state index contributed by atoms with van der Waals surface area (Å²) in [5, 5.41) is 1.38. The monoisotopic (exact) mass is 266 g/mol. The molecule has 1 aromatic carbocycles. The van der Waals surface area contributed by atoms with Crippen LogP contribution >= 0.6 is 11.6 Å². The molecular formula is C14H15ClO3. The summed E-state index contributed by atoms with van der Waals surface area (Å²) < 4.78 is 10.6. The maximum absolute atomic E-state index is 12.0. The Morgan fingerprint density at radius 2 is 2.28 bits per heavy atom. The molecule has 0 aliphatic carbocycles. The molecule has 1 atom stereocenters. The maximum Gasteiger partial charge on any atom is 0.198 e. The Balaban J connectivity index is 2.16. The molecule has 96 valence electrons. The van der Waals surface area contributed by atoms with Gasteiger partial charge in [0.05, 0.1) is 11.1 Å². The summed E-state index contributed by atoms with van der Waals surface area (Å²) >= 11 is 6.00. The number of halogens is 1. The average molecular weight is 267 g/mol. The van der Waals surface area contributed by atoms with Crippen LogP contribution in [-0.2, 0) is 4.74 Å². The van der Waals surface area contributed by atoms with Crippen molar-refractivity contribution in [1.82, 2.24) is 0 Å². The van der Waals surface area contributed by atoms with Crippen molar-refractivity contribution in [2.45, 2.75) is 25.9 Å². The Morgan fingerprint density at radius 3 is 2.94 bits per heavy atom. The number of benzene rings is 1. The maximum atomic E-state index is 12.0. The molecule has 0 amide bonds. The molecule has 0 N–H and O–H groups in total. The van der Waals surface area contributed by atoms with E-state index in [4.69, 9.17) is 20.8 Å². The van der Waals surface area contributed by atoms with Gasteiger partial charge in [-0.3, -0.25) is 4.79 Å². The van der Waals surface area contributed by atoms with Gasteiger partial charge in [0, 0.05) is 18.9 Å². The van der Waals surface area contributed by atoms with Crippen LogP contribution < -0.4 is 0 Å². The van der Waals surface area contributed by atoms with E-state index in [1.165, 1.54) is 0 Å². The van der Waals surface area contributed by atoms with Crippen LogP contribution in [0, 0.1) is 0 Å². The van der Waals surface area contributed by atoms with Gasteiger partial charge in [-0.2, -0.15) is 0 Å². The lowest BCUT2D eigenvalue weighted by Crippen LogP contribution is -2.08. The third kappa shape index (κ3) is 2.74. The van der Waals surface area contributed by atoms with Gasteiger partial charge in [0.15, 0.2) is 17.1 Å². The Hall–Kier alpha value is -1.32. The topological polar surface area (TPSA) is 39.4 Å². The fraction of sp³-hybridized carbons (Fsp3) is 0.357. The lowest BCUT2D eigenvalue weighted by Gasteiger charge is -2.06. The highest BCUT2D eigenvalue weighted by Gasteiger charge is 2.14. The van der Waals surface area contributed by atoms with Crippen LogP contribution in [-0.4, -0.2) is 19.0 Å². The van der Waals surface area contributed by atoms with Crippen molar-refractivity contribution in [3.63, 3.8) is 0 Å². The Labute approximate surface area is 111 Å². The van der Waals surface area contributed by atoms with E-state index < -0.39 is 0 Å². The van der Waals surface area contributed by atoms with Crippen LogP contribution in [0.3, 0.4) is 0 Å². The van der Waals surface area contributed by atoms with Gasteiger partial charge in [0.2, 0.25) is 0 Å². The Kier molecular flexibility index (Phi) is 4.04. The molecule has 1 unspecified atom stereocenters. The number of ketones is 1. The van der Waals surface area contributed by atoms with Gasteiger partial charge in [0.25, 0.3) is 0 Å². The van der Waals surface area contributed by atoms with Crippen molar-refractivity contribution >= 4 is 28.4 Å². The number of furan rings is 1. The molecule has 0 aliphatic heterocycles. The molecule has 0 spiro atoms. The highest BCUT2D eigenvalue weighted by molar-refractivity contribution is 6.34. The molecule has 0 fully saturated rings. The predicted molar refractivity (Wildman–Crippen MR) is 71.3 cm³/mol. The summed E-state index contributed by atoms with van der Waals surface area (Å²) in [6.45, 7) is 1.93. The van der Waals surface area contributed by atoms with E-state index in [0.717, 1.165) is 5.39 Å². The number of rotatable bonds is 5. The first-order valence-electron chi connectivity index (χ1n) is 5.86. The van der Waals surface area contributed by atoms with Crippen LogP contribution in [0.15, 0.2) is 28.7 Å². The van der Waals surface area contributed by atoms with Crippen molar-refractivity contribution < 1.29 is 13.9 Å². The minimum absolute atomic E-state index is 0.0221. The lowest BCUT2D eigenvalue weighted by atomic mass is 10.1. The van der Waals surface area contributed by atoms with Crippen molar-refractivity contribution in [1.29, 1.82) is 0 Å². The lowest BCUT2D eigenvalue weighted by molar-refractivity contribution is 0.0858. The SMILES string of the molecule is COC(C)CCC(=O)c1cc2cccc(Cl)c2o1. The molecular weight excluding hydrogens is 252 g/mol. The van der Waals surface area contributed by atoms with Crippen LogP contribution in [0.1, 0.15) is 30.3 Å². The van der Waals surface area contributed by atoms with E-state index in [1.54, 1.807) is 19.2 Å². The van der Waals surface area contributed by atoms with Gasteiger partial charge in [-0.05, 0) is 25.5 Å². The van der Waals surface area contributed by atoms with E-state index in [1.807, 2.05) is 19.1 Å². The molecule has 18 heavy (non-hydrogen) atoms. The van der Waals surface area contributed by atoms with Gasteiger partial charge in [-0.1, -0.05) is 23.7 Å². The standard InChI is InChI=1S/C14H15ClO3/c1-9(17-2)6-7-12(16)13-8-10-4-3-5-11(15)14(10)18-13/h3-5,8-9H,6-7H2,1-2H3. The van der Waals surface area contributed by atoms with Crippen molar-refractivity contribution in [3.8, 4) is 0 Å². The summed E-state index contributed by atoms with van der Waals surface area (Å²) in [7, 11) is 1.64. The van der Waals surface area contributed by atoms with Gasteiger partial charge >= 0.3 is 0 Å². The van der Waals surface area contributed by atoms with Gasteiger partial charge < -0.3 is 9.15 Å². The Morgan fingerprint density at radius 1 is 1.50 bits per heavy atom. The molecule has 0 aliphatic rings. The van der Waals surface area contributed by atoms with Crippen LogP contribution in [0.4, 0.5) is 0 Å². The molecule has 0 saturated carbocycles. The first-order chi connectivity index (χ1) is 8.61. The van der Waals surface area contributed by atoms with E-state index in [2.05, 4.69) is 0 Å². The molecule has 0 saturated heterocycles. The highest BCUT2D eigenvalue weighted by atomic mass is 35.5. The average Bonchev–Trinajstić information content (AvgIpc) is 2.81. The number of Topliss-reactive ketones (excluding diaryl/α,β-unsaturated/α-hetero) is 1. The highest BCUT2D eigenvalue weighted by Crippen LogP contribution is 2.27. The largest absolute Gasteiger partial charge is 0.451 e. The third-order valence-electron chi connectivity index (χ3n) is 2.95. The zero-order valence-corrected chi connectivity index (χ0v) is 11.2. The van der Waals surface area contributed by atoms with Gasteiger partial charge in [0.1, 0.15) is 0 Å². The van der Waals surface area contributed by atoms with E-state index >= 15 is 0 Å². The second-order valence-electron chi connectivity index (χ2n) is 4.28. The van der Waals surface area contributed by atoms with E-state index in [-0.39, 0.29) is 11.9 Å². The molecule has 2 aromatic rings. The molecule has 0 bridgehead atoms. The second kappa shape index (κ2) is 5.55. The first-order valence-corrected chi connectivity index (χ1v) is 6.23. The third-order valence-corrected chi connectivity index (χ3v) is 3.25. The Bertz CT molecular complexity index is 559. The zero-order chi connectivity index (χ0) is 13.1. The van der Waals surface area contributed by atoms with Crippen molar-refractivity contribution in [3.05, 3.63) is 35.0 Å². The number of hydrogen-bond acceptors (Lipinski definition) is 3. The van der Waals surface area contributed by atoms with Gasteiger partial charge in [-0.15, -0.1) is 0 Å². The quantitative estimate of drug-likeness (QED) is 0.766. The minimum Gasteiger partial charge on any atom is -0.451 e. The molecule has 1 heterocycles. The van der Waals surface area contributed by atoms with Crippen LogP contribution in [0.5, 0.6) is 0 Å². The summed E-state index contributed by atoms with van der Waals surface area (Å²) in [6, 6.07) is 7.19. The summed E-state index contributed by atoms with van der Waals surface area (Å²) in [4.78, 5) is 12.0. The second-order valence-corrected chi connectivity index (χ2v) is 4.68. The molecule has 3 nitrogen and oxygen atoms in total. The molecule has 2 rings (SSSR count). The number of fused-ring (bicyclic) bond motifs is 1. The number of para-hydroxylation sites is 1. The van der Waals surface area contributed by atoms with Crippen LogP contribution in [0.25, 0.3) is 11.0 Å². The van der Waals surface area contributed by atoms with Crippen molar-refractivity contribution in [2.24, 2.45) is 0 Å². The summed E-state index contributed by atoms with van der Waals surface area (Å²) in [5.74, 6) is 0.340. The fourth-order valence-electron chi connectivity index (χ4n) is 1.74. The number of ether oxygens (including phenoxy) is 1. The molecule has 1 aromatic heterocycles. The fourth-order valence-corrected chi connectivity index (χ4v) is 1.96.